The van der Waals surface area contributed by atoms with E-state index in [0.29, 0.717) is 30.0 Å². The number of aliphatic hydroxyl groups is 1. The van der Waals surface area contributed by atoms with Crippen molar-refractivity contribution in [3.05, 3.63) is 47.9 Å². The van der Waals surface area contributed by atoms with Crippen molar-refractivity contribution in [3.8, 4) is 11.4 Å². The highest BCUT2D eigenvalue weighted by molar-refractivity contribution is 5.53. The maximum atomic E-state index is 9.27. The number of aliphatic hydroxyl groups excluding tert-OH is 1. The Balaban J connectivity index is 1.35. The molecule has 8 nitrogen and oxygen atoms in total. The first kappa shape index (κ1) is 16.9. The van der Waals surface area contributed by atoms with E-state index < -0.39 is 0 Å². The largest absolute Gasteiger partial charge is 0.388 e. The van der Waals surface area contributed by atoms with E-state index in [2.05, 4.69) is 25.2 Å². The fourth-order valence-electron chi connectivity index (χ4n) is 3.43. The second-order valence-electron chi connectivity index (χ2n) is 6.62. The van der Waals surface area contributed by atoms with Crippen LogP contribution in [0.5, 0.6) is 0 Å². The van der Waals surface area contributed by atoms with Gasteiger partial charge in [-0.2, -0.15) is 4.98 Å². The normalized spacial score (nSPS) is 16.2. The van der Waals surface area contributed by atoms with Crippen LogP contribution in [0.3, 0.4) is 0 Å². The SMILES string of the molecule is Cn1c(CO)nnc1C1CCN(Cc2nc(-c3ccccc3)no2)CC1. The Morgan fingerprint density at radius 2 is 1.92 bits per heavy atom. The minimum absolute atomic E-state index is 0.0801. The van der Waals surface area contributed by atoms with Gasteiger partial charge in [0.1, 0.15) is 12.4 Å². The molecule has 3 aromatic rings. The third-order valence-electron chi connectivity index (χ3n) is 4.95. The molecule has 26 heavy (non-hydrogen) atoms. The molecular weight excluding hydrogens is 332 g/mol. The van der Waals surface area contributed by atoms with Gasteiger partial charge in [0.25, 0.3) is 0 Å². The van der Waals surface area contributed by atoms with E-state index in [1.54, 1.807) is 0 Å². The summed E-state index contributed by atoms with van der Waals surface area (Å²) >= 11 is 0. The number of aromatic nitrogens is 5. The van der Waals surface area contributed by atoms with Crippen LogP contribution in [-0.4, -0.2) is 48.0 Å². The Morgan fingerprint density at radius 1 is 1.15 bits per heavy atom. The highest BCUT2D eigenvalue weighted by Crippen LogP contribution is 2.27. The highest BCUT2D eigenvalue weighted by atomic mass is 16.5. The molecule has 0 unspecified atom stereocenters. The Kier molecular flexibility index (Phi) is 4.77. The lowest BCUT2D eigenvalue weighted by atomic mass is 9.96. The first-order valence-corrected chi connectivity index (χ1v) is 8.84. The zero-order valence-electron chi connectivity index (χ0n) is 14.7. The molecule has 0 amide bonds. The molecule has 1 fully saturated rings. The number of benzene rings is 1. The van der Waals surface area contributed by atoms with Crippen molar-refractivity contribution in [3.63, 3.8) is 0 Å². The monoisotopic (exact) mass is 354 g/mol. The lowest BCUT2D eigenvalue weighted by Crippen LogP contribution is -2.33. The van der Waals surface area contributed by atoms with Crippen LogP contribution in [0.1, 0.15) is 36.3 Å². The molecule has 136 valence electrons. The van der Waals surface area contributed by atoms with E-state index in [1.165, 1.54) is 0 Å². The predicted octanol–water partition coefficient (Wildman–Crippen LogP) is 1.74. The van der Waals surface area contributed by atoms with Crippen LogP contribution in [0.25, 0.3) is 11.4 Å². The first-order chi connectivity index (χ1) is 12.7. The van der Waals surface area contributed by atoms with Crippen LogP contribution in [0.4, 0.5) is 0 Å². The van der Waals surface area contributed by atoms with Crippen LogP contribution in [-0.2, 0) is 20.2 Å². The van der Waals surface area contributed by atoms with Gasteiger partial charge >= 0.3 is 0 Å². The molecule has 0 saturated carbocycles. The maximum Gasteiger partial charge on any atom is 0.241 e. The fraction of sp³-hybridized carbons (Fsp3) is 0.444. The molecule has 0 aliphatic carbocycles. The summed E-state index contributed by atoms with van der Waals surface area (Å²) in [6, 6.07) is 9.84. The Labute approximate surface area is 151 Å². The third kappa shape index (κ3) is 3.38. The number of likely N-dealkylation sites (tertiary alicyclic amines) is 1. The van der Waals surface area contributed by atoms with Crippen molar-refractivity contribution in [2.24, 2.45) is 7.05 Å². The van der Waals surface area contributed by atoms with E-state index >= 15 is 0 Å². The molecule has 0 atom stereocenters. The summed E-state index contributed by atoms with van der Waals surface area (Å²) in [5.74, 6) is 3.21. The topological polar surface area (TPSA) is 93.1 Å². The molecular formula is C18H22N6O2. The van der Waals surface area contributed by atoms with Gasteiger partial charge in [-0.3, -0.25) is 4.90 Å². The molecule has 3 heterocycles. The van der Waals surface area contributed by atoms with Crippen molar-refractivity contribution < 1.29 is 9.63 Å². The van der Waals surface area contributed by atoms with Gasteiger partial charge < -0.3 is 14.2 Å². The zero-order valence-corrected chi connectivity index (χ0v) is 14.7. The van der Waals surface area contributed by atoms with Crippen LogP contribution >= 0.6 is 0 Å². The molecule has 1 N–H and O–H groups in total. The van der Waals surface area contributed by atoms with Crippen molar-refractivity contribution in [2.45, 2.75) is 31.9 Å². The first-order valence-electron chi connectivity index (χ1n) is 8.84. The average molecular weight is 354 g/mol. The van der Waals surface area contributed by atoms with Crippen molar-refractivity contribution >= 4 is 0 Å². The second kappa shape index (κ2) is 7.35. The van der Waals surface area contributed by atoms with E-state index in [-0.39, 0.29) is 6.61 Å². The summed E-state index contributed by atoms with van der Waals surface area (Å²) in [5, 5.41) is 21.6. The summed E-state index contributed by atoms with van der Waals surface area (Å²) in [6.45, 7) is 2.46. The van der Waals surface area contributed by atoms with E-state index in [9.17, 15) is 5.11 Å². The van der Waals surface area contributed by atoms with Crippen LogP contribution in [0.2, 0.25) is 0 Å². The molecule has 4 rings (SSSR count). The Bertz CT molecular complexity index is 852. The highest BCUT2D eigenvalue weighted by Gasteiger charge is 2.26. The van der Waals surface area contributed by atoms with E-state index in [0.717, 1.165) is 37.3 Å². The molecule has 2 aromatic heterocycles. The van der Waals surface area contributed by atoms with Gasteiger partial charge in [-0.15, -0.1) is 10.2 Å². The van der Waals surface area contributed by atoms with Crippen molar-refractivity contribution in [1.29, 1.82) is 0 Å². The maximum absolute atomic E-state index is 9.27. The molecule has 0 bridgehead atoms. The van der Waals surface area contributed by atoms with Crippen LogP contribution < -0.4 is 0 Å². The Hall–Kier alpha value is -2.58. The molecule has 8 heteroatoms. The summed E-state index contributed by atoms with van der Waals surface area (Å²) in [5.41, 5.74) is 0.961. The summed E-state index contributed by atoms with van der Waals surface area (Å²) in [7, 11) is 1.91. The molecule has 1 aliphatic heterocycles. The van der Waals surface area contributed by atoms with E-state index in [1.807, 2.05) is 41.9 Å². The Morgan fingerprint density at radius 3 is 2.62 bits per heavy atom. The number of hydrogen-bond donors (Lipinski definition) is 1. The van der Waals surface area contributed by atoms with Gasteiger partial charge in [0, 0.05) is 18.5 Å². The van der Waals surface area contributed by atoms with Gasteiger partial charge in [-0.05, 0) is 25.9 Å². The molecule has 1 saturated heterocycles. The van der Waals surface area contributed by atoms with E-state index in [4.69, 9.17) is 4.52 Å². The molecule has 1 aliphatic rings. The van der Waals surface area contributed by atoms with Crippen LogP contribution in [0, 0.1) is 0 Å². The molecule has 0 spiro atoms. The number of nitrogens with zero attached hydrogens (tertiary/aromatic N) is 6. The third-order valence-corrected chi connectivity index (χ3v) is 4.95. The summed E-state index contributed by atoms with van der Waals surface area (Å²) in [6.07, 6.45) is 1.99. The lowest BCUT2D eigenvalue weighted by Gasteiger charge is -2.30. The second-order valence-corrected chi connectivity index (χ2v) is 6.62. The van der Waals surface area contributed by atoms with Crippen molar-refractivity contribution in [2.75, 3.05) is 13.1 Å². The van der Waals surface area contributed by atoms with Gasteiger partial charge in [0.2, 0.25) is 11.7 Å². The van der Waals surface area contributed by atoms with Crippen molar-refractivity contribution in [1.82, 2.24) is 29.8 Å². The minimum Gasteiger partial charge on any atom is -0.388 e. The molecule has 0 radical (unpaired) electrons. The standard InChI is InChI=1S/C18H22N6O2/c1-23-15(12-25)20-21-18(23)14-7-9-24(10-8-14)11-16-19-17(22-26-16)13-5-3-2-4-6-13/h2-6,14,25H,7-12H2,1H3. The van der Waals surface area contributed by atoms with Gasteiger partial charge in [0.15, 0.2) is 5.82 Å². The number of rotatable bonds is 5. The minimum atomic E-state index is -0.0801. The number of hydrogen-bond acceptors (Lipinski definition) is 7. The van der Waals surface area contributed by atoms with Gasteiger partial charge in [0.05, 0.1) is 6.54 Å². The lowest BCUT2D eigenvalue weighted by molar-refractivity contribution is 0.177. The predicted molar refractivity (Wildman–Crippen MR) is 93.9 cm³/mol. The van der Waals surface area contributed by atoms with Gasteiger partial charge in [-0.1, -0.05) is 35.5 Å². The summed E-state index contributed by atoms with van der Waals surface area (Å²) < 4.78 is 7.32. The number of piperidine rings is 1. The van der Waals surface area contributed by atoms with Gasteiger partial charge in [-0.25, -0.2) is 0 Å². The quantitative estimate of drug-likeness (QED) is 0.746. The zero-order chi connectivity index (χ0) is 17.9. The molecule has 1 aromatic carbocycles. The smallest absolute Gasteiger partial charge is 0.241 e. The average Bonchev–Trinajstić information content (AvgIpc) is 3.30. The fourth-order valence-corrected chi connectivity index (χ4v) is 3.43. The van der Waals surface area contributed by atoms with Crippen LogP contribution in [0.15, 0.2) is 34.9 Å². The summed E-state index contributed by atoms with van der Waals surface area (Å²) in [4.78, 5) is 6.83.